The summed E-state index contributed by atoms with van der Waals surface area (Å²) in [5.41, 5.74) is -0.488. The Kier molecular flexibility index (Phi) is 5.39. The second-order valence-corrected chi connectivity index (χ2v) is 5.77. The number of likely N-dealkylation sites (tertiary alicyclic amines) is 1. The summed E-state index contributed by atoms with van der Waals surface area (Å²) in [7, 11) is 0. The molecular formula is C14H24N2O3. The van der Waals surface area contributed by atoms with Gasteiger partial charge in [-0.15, -0.1) is 0 Å². The monoisotopic (exact) mass is 268 g/mol. The molecule has 0 spiro atoms. The highest BCUT2D eigenvalue weighted by Crippen LogP contribution is 2.15. The lowest BCUT2D eigenvalue weighted by atomic mass is 10.1. The van der Waals surface area contributed by atoms with Crippen LogP contribution in [0, 0.1) is 0 Å². The number of hydrogen-bond acceptors (Lipinski definition) is 3. The van der Waals surface area contributed by atoms with Crippen LogP contribution in [0.25, 0.3) is 0 Å². The average molecular weight is 268 g/mol. The van der Waals surface area contributed by atoms with Crippen molar-refractivity contribution in [3.05, 3.63) is 12.2 Å². The Labute approximate surface area is 115 Å². The first-order valence-electron chi connectivity index (χ1n) is 6.73. The third kappa shape index (κ3) is 5.77. The minimum absolute atomic E-state index is 0.00460. The van der Waals surface area contributed by atoms with Gasteiger partial charge in [-0.25, -0.2) is 4.79 Å². The number of hydrogen-bond donors (Lipinski definition) is 1. The number of carbonyl (C=O) groups is 2. The first-order valence-corrected chi connectivity index (χ1v) is 6.73. The van der Waals surface area contributed by atoms with Gasteiger partial charge in [0.15, 0.2) is 0 Å². The molecule has 0 aliphatic carbocycles. The van der Waals surface area contributed by atoms with Gasteiger partial charge in [0.05, 0.1) is 0 Å². The highest BCUT2D eigenvalue weighted by atomic mass is 16.6. The van der Waals surface area contributed by atoms with Crippen LogP contribution < -0.4 is 5.32 Å². The first kappa shape index (κ1) is 15.5. The van der Waals surface area contributed by atoms with Crippen molar-refractivity contribution >= 4 is 12.0 Å². The molecule has 1 rings (SSSR count). The lowest BCUT2D eigenvalue weighted by molar-refractivity contribution is -0.117. The summed E-state index contributed by atoms with van der Waals surface area (Å²) in [5.74, 6) is -0.112. The molecule has 0 bridgehead atoms. The van der Waals surface area contributed by atoms with E-state index in [1.54, 1.807) is 17.9 Å². The van der Waals surface area contributed by atoms with Crippen LogP contribution in [0.15, 0.2) is 12.2 Å². The molecule has 0 aromatic heterocycles. The number of piperidine rings is 1. The van der Waals surface area contributed by atoms with Crippen molar-refractivity contribution in [2.45, 2.75) is 52.2 Å². The van der Waals surface area contributed by atoms with E-state index in [2.05, 4.69) is 5.32 Å². The molecule has 5 heteroatoms. The smallest absolute Gasteiger partial charge is 0.410 e. The summed E-state index contributed by atoms with van der Waals surface area (Å²) in [6.45, 7) is 8.54. The van der Waals surface area contributed by atoms with Gasteiger partial charge in [0.25, 0.3) is 0 Å². The summed E-state index contributed by atoms with van der Waals surface area (Å²) in [6.07, 6.45) is 4.65. The SMILES string of the molecule is C/C=C/C(=O)N[C@H]1CCCN(C(=O)OC(C)(C)C)C1. The fourth-order valence-electron chi connectivity index (χ4n) is 1.99. The number of nitrogens with zero attached hydrogens (tertiary/aromatic N) is 1. The van der Waals surface area contributed by atoms with Gasteiger partial charge in [-0.1, -0.05) is 6.08 Å². The number of nitrogens with one attached hydrogen (secondary N) is 1. The summed E-state index contributed by atoms with van der Waals surface area (Å²) in [4.78, 5) is 25.1. The van der Waals surface area contributed by atoms with E-state index in [1.807, 2.05) is 20.8 Å². The topological polar surface area (TPSA) is 58.6 Å². The number of rotatable bonds is 2. The maximum atomic E-state index is 11.9. The van der Waals surface area contributed by atoms with Gasteiger partial charge >= 0.3 is 6.09 Å². The maximum absolute atomic E-state index is 11.9. The maximum Gasteiger partial charge on any atom is 0.410 e. The lowest BCUT2D eigenvalue weighted by Gasteiger charge is -2.34. The average Bonchev–Trinajstić information content (AvgIpc) is 2.27. The van der Waals surface area contributed by atoms with Crippen molar-refractivity contribution in [1.82, 2.24) is 10.2 Å². The molecule has 1 heterocycles. The Morgan fingerprint density at radius 3 is 2.63 bits per heavy atom. The van der Waals surface area contributed by atoms with Crippen LogP contribution >= 0.6 is 0 Å². The van der Waals surface area contributed by atoms with Crippen LogP contribution in [-0.4, -0.2) is 41.6 Å². The molecule has 0 radical (unpaired) electrons. The first-order chi connectivity index (χ1) is 8.81. The van der Waals surface area contributed by atoms with Gasteiger partial charge < -0.3 is 15.0 Å². The number of allylic oxidation sites excluding steroid dienone is 1. The van der Waals surface area contributed by atoms with E-state index < -0.39 is 5.60 Å². The Balaban J connectivity index is 2.50. The number of amides is 2. The van der Waals surface area contributed by atoms with Gasteiger partial charge in [0.1, 0.15) is 5.60 Å². The van der Waals surface area contributed by atoms with Crippen molar-refractivity contribution < 1.29 is 14.3 Å². The fourth-order valence-corrected chi connectivity index (χ4v) is 1.99. The third-order valence-corrected chi connectivity index (χ3v) is 2.74. The fraction of sp³-hybridized carbons (Fsp3) is 0.714. The van der Waals surface area contributed by atoms with Crippen molar-refractivity contribution in [2.24, 2.45) is 0 Å². The van der Waals surface area contributed by atoms with Crippen LogP contribution in [-0.2, 0) is 9.53 Å². The molecular weight excluding hydrogens is 244 g/mol. The van der Waals surface area contributed by atoms with Crippen LogP contribution in [0.1, 0.15) is 40.5 Å². The van der Waals surface area contributed by atoms with Crippen LogP contribution in [0.2, 0.25) is 0 Å². The molecule has 1 fully saturated rings. The van der Waals surface area contributed by atoms with Crippen molar-refractivity contribution in [1.29, 1.82) is 0 Å². The second-order valence-electron chi connectivity index (χ2n) is 5.77. The Morgan fingerprint density at radius 2 is 2.05 bits per heavy atom. The zero-order valence-electron chi connectivity index (χ0n) is 12.2. The van der Waals surface area contributed by atoms with E-state index >= 15 is 0 Å². The minimum atomic E-state index is -0.488. The van der Waals surface area contributed by atoms with E-state index in [9.17, 15) is 9.59 Å². The summed E-state index contributed by atoms with van der Waals surface area (Å²) < 4.78 is 5.34. The van der Waals surface area contributed by atoms with Crippen molar-refractivity contribution in [2.75, 3.05) is 13.1 Å². The van der Waals surface area contributed by atoms with Gasteiger partial charge in [-0.05, 0) is 46.6 Å². The molecule has 1 aliphatic rings. The van der Waals surface area contributed by atoms with E-state index in [0.717, 1.165) is 12.8 Å². The zero-order chi connectivity index (χ0) is 14.5. The molecule has 108 valence electrons. The molecule has 2 amide bonds. The molecule has 0 aromatic rings. The molecule has 0 unspecified atom stereocenters. The van der Waals surface area contributed by atoms with Crippen molar-refractivity contribution in [3.63, 3.8) is 0 Å². The van der Waals surface area contributed by atoms with Gasteiger partial charge in [0, 0.05) is 19.1 Å². The molecule has 1 saturated heterocycles. The third-order valence-electron chi connectivity index (χ3n) is 2.74. The Morgan fingerprint density at radius 1 is 1.37 bits per heavy atom. The predicted octanol–water partition coefficient (Wildman–Crippen LogP) is 2.08. The quantitative estimate of drug-likeness (QED) is 0.780. The summed E-state index contributed by atoms with van der Waals surface area (Å²) >= 11 is 0. The Bertz CT molecular complexity index is 358. The van der Waals surface area contributed by atoms with Crippen molar-refractivity contribution in [3.8, 4) is 0 Å². The Hall–Kier alpha value is -1.52. The molecule has 19 heavy (non-hydrogen) atoms. The molecule has 5 nitrogen and oxygen atoms in total. The predicted molar refractivity (Wildman–Crippen MR) is 73.8 cm³/mol. The zero-order valence-corrected chi connectivity index (χ0v) is 12.2. The number of ether oxygens (including phenoxy) is 1. The summed E-state index contributed by atoms with van der Waals surface area (Å²) in [5, 5.41) is 2.89. The number of carbonyl (C=O) groups excluding carboxylic acids is 2. The molecule has 1 aliphatic heterocycles. The summed E-state index contributed by atoms with van der Waals surface area (Å²) in [6, 6.07) is 0.00460. The normalized spacial score (nSPS) is 20.4. The van der Waals surface area contributed by atoms with Gasteiger partial charge in [0.2, 0.25) is 5.91 Å². The van der Waals surface area contributed by atoms with Gasteiger partial charge in [-0.2, -0.15) is 0 Å². The highest BCUT2D eigenvalue weighted by molar-refractivity contribution is 5.87. The molecule has 1 N–H and O–H groups in total. The highest BCUT2D eigenvalue weighted by Gasteiger charge is 2.27. The van der Waals surface area contributed by atoms with Gasteiger partial charge in [-0.3, -0.25) is 4.79 Å². The van der Waals surface area contributed by atoms with Crippen LogP contribution in [0.4, 0.5) is 4.79 Å². The van der Waals surface area contributed by atoms with Crippen LogP contribution in [0.5, 0.6) is 0 Å². The molecule has 1 atom stereocenters. The molecule has 0 aromatic carbocycles. The van der Waals surface area contributed by atoms with E-state index in [1.165, 1.54) is 6.08 Å². The second kappa shape index (κ2) is 6.59. The minimum Gasteiger partial charge on any atom is -0.444 e. The largest absolute Gasteiger partial charge is 0.444 e. The standard InChI is InChI=1S/C14H24N2O3/c1-5-7-12(17)15-11-8-6-9-16(10-11)13(18)19-14(2,3)4/h5,7,11H,6,8-10H2,1-4H3,(H,15,17)/b7-5+/t11-/m0/s1. The van der Waals surface area contributed by atoms with E-state index in [-0.39, 0.29) is 18.0 Å². The van der Waals surface area contributed by atoms with E-state index in [0.29, 0.717) is 13.1 Å². The lowest BCUT2D eigenvalue weighted by Crippen LogP contribution is -2.50. The molecule has 0 saturated carbocycles. The van der Waals surface area contributed by atoms with E-state index in [4.69, 9.17) is 4.74 Å². The van der Waals surface area contributed by atoms with Crippen LogP contribution in [0.3, 0.4) is 0 Å².